The SMILES string of the molecule is C=CCCNCCCN(CC)S(C)(=O)=O. The van der Waals surface area contributed by atoms with E-state index in [1.807, 2.05) is 13.0 Å². The Kier molecular flexibility index (Phi) is 7.64. The van der Waals surface area contributed by atoms with E-state index < -0.39 is 10.0 Å². The molecule has 0 atom stereocenters. The maximum absolute atomic E-state index is 11.2. The molecule has 1 N–H and O–H groups in total. The van der Waals surface area contributed by atoms with E-state index in [0.717, 1.165) is 25.9 Å². The van der Waals surface area contributed by atoms with Crippen LogP contribution in [0, 0.1) is 0 Å². The summed E-state index contributed by atoms with van der Waals surface area (Å²) < 4.78 is 23.9. The van der Waals surface area contributed by atoms with Crippen molar-refractivity contribution in [3.8, 4) is 0 Å². The number of rotatable bonds is 9. The third-order valence-electron chi connectivity index (χ3n) is 2.11. The third-order valence-corrected chi connectivity index (χ3v) is 3.49. The minimum absolute atomic E-state index is 0.547. The van der Waals surface area contributed by atoms with Gasteiger partial charge in [0.05, 0.1) is 6.26 Å². The van der Waals surface area contributed by atoms with E-state index >= 15 is 0 Å². The topological polar surface area (TPSA) is 49.4 Å². The van der Waals surface area contributed by atoms with E-state index in [1.54, 1.807) is 0 Å². The molecule has 90 valence electrons. The first kappa shape index (κ1) is 14.6. The van der Waals surface area contributed by atoms with Gasteiger partial charge in [0.2, 0.25) is 10.0 Å². The lowest BCUT2D eigenvalue weighted by atomic mass is 10.4. The summed E-state index contributed by atoms with van der Waals surface area (Å²) in [6.45, 7) is 8.38. The molecule has 0 aromatic carbocycles. The molecule has 0 spiro atoms. The Morgan fingerprint density at radius 1 is 1.40 bits per heavy atom. The van der Waals surface area contributed by atoms with Crippen LogP contribution in [0.3, 0.4) is 0 Å². The molecular weight excluding hydrogens is 212 g/mol. The number of hydrogen-bond donors (Lipinski definition) is 1. The minimum atomic E-state index is -3.02. The van der Waals surface area contributed by atoms with E-state index in [4.69, 9.17) is 0 Å². The van der Waals surface area contributed by atoms with Crippen LogP contribution in [0.15, 0.2) is 12.7 Å². The molecule has 0 bridgehead atoms. The summed E-state index contributed by atoms with van der Waals surface area (Å²) in [4.78, 5) is 0. The first-order valence-electron chi connectivity index (χ1n) is 5.29. The van der Waals surface area contributed by atoms with Gasteiger partial charge in [-0.25, -0.2) is 12.7 Å². The Morgan fingerprint density at radius 2 is 2.07 bits per heavy atom. The molecule has 0 aromatic heterocycles. The van der Waals surface area contributed by atoms with Crippen LogP contribution in [-0.4, -0.2) is 45.2 Å². The van der Waals surface area contributed by atoms with Gasteiger partial charge in [0.25, 0.3) is 0 Å². The van der Waals surface area contributed by atoms with E-state index in [9.17, 15) is 8.42 Å². The molecule has 0 aliphatic carbocycles. The predicted octanol–water partition coefficient (Wildman–Crippen LogP) is 0.824. The highest BCUT2D eigenvalue weighted by molar-refractivity contribution is 7.88. The zero-order chi connectivity index (χ0) is 11.7. The van der Waals surface area contributed by atoms with Gasteiger partial charge in [-0.3, -0.25) is 0 Å². The molecule has 4 nitrogen and oxygen atoms in total. The molecule has 0 fully saturated rings. The van der Waals surface area contributed by atoms with Crippen LogP contribution in [-0.2, 0) is 10.0 Å². The fraction of sp³-hybridized carbons (Fsp3) is 0.800. The van der Waals surface area contributed by atoms with Crippen molar-refractivity contribution in [3.05, 3.63) is 12.7 Å². The third kappa shape index (κ3) is 7.53. The molecule has 0 unspecified atom stereocenters. The van der Waals surface area contributed by atoms with E-state index in [-0.39, 0.29) is 0 Å². The Labute approximate surface area is 93.4 Å². The van der Waals surface area contributed by atoms with E-state index in [2.05, 4.69) is 11.9 Å². The summed E-state index contributed by atoms with van der Waals surface area (Å²) >= 11 is 0. The first-order chi connectivity index (χ1) is 7.02. The molecule has 0 radical (unpaired) electrons. The van der Waals surface area contributed by atoms with Crippen LogP contribution >= 0.6 is 0 Å². The van der Waals surface area contributed by atoms with Crippen LogP contribution < -0.4 is 5.32 Å². The molecule has 0 aromatic rings. The highest BCUT2D eigenvalue weighted by Gasteiger charge is 2.12. The second kappa shape index (κ2) is 7.84. The second-order valence-electron chi connectivity index (χ2n) is 3.44. The van der Waals surface area contributed by atoms with Crippen LogP contribution in [0.5, 0.6) is 0 Å². The summed E-state index contributed by atoms with van der Waals surface area (Å²) in [5, 5.41) is 3.22. The Morgan fingerprint density at radius 3 is 2.53 bits per heavy atom. The number of nitrogens with zero attached hydrogens (tertiary/aromatic N) is 1. The molecule has 0 heterocycles. The van der Waals surface area contributed by atoms with Crippen molar-refractivity contribution in [1.82, 2.24) is 9.62 Å². The highest BCUT2D eigenvalue weighted by Crippen LogP contribution is 1.97. The van der Waals surface area contributed by atoms with Crippen molar-refractivity contribution in [3.63, 3.8) is 0 Å². The largest absolute Gasteiger partial charge is 0.316 e. The molecule has 0 aliphatic heterocycles. The van der Waals surface area contributed by atoms with Crippen molar-refractivity contribution in [2.24, 2.45) is 0 Å². The zero-order valence-corrected chi connectivity index (χ0v) is 10.5. The summed E-state index contributed by atoms with van der Waals surface area (Å²) in [6, 6.07) is 0. The molecule has 0 saturated heterocycles. The number of sulfonamides is 1. The van der Waals surface area contributed by atoms with Gasteiger partial charge < -0.3 is 5.32 Å². The van der Waals surface area contributed by atoms with Gasteiger partial charge in [-0.1, -0.05) is 13.0 Å². The van der Waals surface area contributed by atoms with Gasteiger partial charge in [-0.2, -0.15) is 0 Å². The fourth-order valence-electron chi connectivity index (χ4n) is 1.27. The molecule has 0 amide bonds. The molecular formula is C10H22N2O2S. The van der Waals surface area contributed by atoms with Gasteiger partial charge in [0.15, 0.2) is 0 Å². The lowest BCUT2D eigenvalue weighted by molar-refractivity contribution is 0.419. The van der Waals surface area contributed by atoms with Crippen molar-refractivity contribution in [2.45, 2.75) is 19.8 Å². The van der Waals surface area contributed by atoms with Crippen molar-refractivity contribution in [1.29, 1.82) is 0 Å². The van der Waals surface area contributed by atoms with Crippen LogP contribution in [0.25, 0.3) is 0 Å². The van der Waals surface area contributed by atoms with E-state index in [1.165, 1.54) is 10.6 Å². The van der Waals surface area contributed by atoms with E-state index in [0.29, 0.717) is 13.1 Å². The van der Waals surface area contributed by atoms with Crippen molar-refractivity contribution >= 4 is 10.0 Å². The van der Waals surface area contributed by atoms with Gasteiger partial charge >= 0.3 is 0 Å². The molecule has 0 rings (SSSR count). The summed E-state index contributed by atoms with van der Waals surface area (Å²) in [6.07, 6.45) is 4.91. The summed E-state index contributed by atoms with van der Waals surface area (Å²) in [5.74, 6) is 0. The number of hydrogen-bond acceptors (Lipinski definition) is 3. The van der Waals surface area contributed by atoms with Gasteiger partial charge in [0, 0.05) is 13.1 Å². The summed E-state index contributed by atoms with van der Waals surface area (Å²) in [5.41, 5.74) is 0. The van der Waals surface area contributed by atoms with Crippen LogP contribution in [0.2, 0.25) is 0 Å². The summed E-state index contributed by atoms with van der Waals surface area (Å²) in [7, 11) is -3.02. The average Bonchev–Trinajstić information content (AvgIpc) is 2.15. The van der Waals surface area contributed by atoms with Crippen molar-refractivity contribution in [2.75, 3.05) is 32.4 Å². The zero-order valence-electron chi connectivity index (χ0n) is 9.70. The maximum Gasteiger partial charge on any atom is 0.211 e. The lowest BCUT2D eigenvalue weighted by Gasteiger charge is -2.17. The van der Waals surface area contributed by atoms with Gasteiger partial charge in [-0.05, 0) is 25.9 Å². The Balaban J connectivity index is 3.61. The maximum atomic E-state index is 11.2. The van der Waals surface area contributed by atoms with Crippen LogP contribution in [0.4, 0.5) is 0 Å². The highest BCUT2D eigenvalue weighted by atomic mass is 32.2. The molecule has 5 heteroatoms. The molecule has 15 heavy (non-hydrogen) atoms. The smallest absolute Gasteiger partial charge is 0.211 e. The monoisotopic (exact) mass is 234 g/mol. The van der Waals surface area contributed by atoms with Crippen molar-refractivity contribution < 1.29 is 8.42 Å². The minimum Gasteiger partial charge on any atom is -0.316 e. The predicted molar refractivity (Wildman–Crippen MR) is 64.4 cm³/mol. The fourth-order valence-corrected chi connectivity index (χ4v) is 2.20. The standard InChI is InChI=1S/C10H22N2O2S/c1-4-6-8-11-9-7-10-12(5-2)15(3,13)14/h4,11H,1,5-10H2,2-3H3. The van der Waals surface area contributed by atoms with Gasteiger partial charge in [0.1, 0.15) is 0 Å². The normalized spacial score (nSPS) is 11.9. The Hall–Kier alpha value is -0.390. The first-order valence-corrected chi connectivity index (χ1v) is 7.14. The average molecular weight is 234 g/mol. The van der Waals surface area contributed by atoms with Gasteiger partial charge in [-0.15, -0.1) is 6.58 Å². The quantitative estimate of drug-likeness (QED) is 0.475. The van der Waals surface area contributed by atoms with Crippen LogP contribution in [0.1, 0.15) is 19.8 Å². The lowest BCUT2D eigenvalue weighted by Crippen LogP contribution is -2.32. The molecule has 0 saturated carbocycles. The number of nitrogens with one attached hydrogen (secondary N) is 1. The Bertz CT molecular complexity index is 263. The second-order valence-corrected chi connectivity index (χ2v) is 5.42. The molecule has 0 aliphatic rings.